The number of nitrogens with one attached hydrogen (secondary N) is 1. The maximum absolute atomic E-state index is 13.1. The summed E-state index contributed by atoms with van der Waals surface area (Å²) in [4.78, 5) is 8.16. The predicted octanol–water partition coefficient (Wildman–Crippen LogP) is 2.53. The summed E-state index contributed by atoms with van der Waals surface area (Å²) in [6.45, 7) is 1.87. The largest absolute Gasteiger partial charge is 0.341 e. The average molecular weight is 242 g/mol. The number of nitriles is 1. The molecule has 1 aromatic heterocycles. The van der Waals surface area contributed by atoms with E-state index in [-0.39, 0.29) is 12.4 Å². The number of hydrogen-bond donors (Lipinski definition) is 1. The van der Waals surface area contributed by atoms with Crippen LogP contribution in [0.4, 0.5) is 10.3 Å². The third-order valence-corrected chi connectivity index (χ3v) is 2.47. The highest BCUT2D eigenvalue weighted by Gasteiger charge is 2.03. The Kier molecular flexibility index (Phi) is 3.49. The molecule has 0 aliphatic heterocycles. The Balaban J connectivity index is 2.23. The lowest BCUT2D eigenvalue weighted by molar-refractivity contribution is 0.619. The fourth-order valence-corrected chi connectivity index (χ4v) is 1.51. The molecular weight excluding hydrogens is 231 g/mol. The molecule has 0 aliphatic carbocycles. The predicted molar refractivity (Wildman–Crippen MR) is 66.3 cm³/mol. The first kappa shape index (κ1) is 12.0. The van der Waals surface area contributed by atoms with Gasteiger partial charge >= 0.3 is 0 Å². The van der Waals surface area contributed by atoms with E-state index in [9.17, 15) is 4.39 Å². The second-order valence-corrected chi connectivity index (χ2v) is 3.77. The summed E-state index contributed by atoms with van der Waals surface area (Å²) >= 11 is 0. The molecule has 0 aliphatic rings. The minimum Gasteiger partial charge on any atom is -0.341 e. The van der Waals surface area contributed by atoms with E-state index in [0.717, 1.165) is 11.1 Å². The van der Waals surface area contributed by atoms with Gasteiger partial charge in [-0.05, 0) is 30.2 Å². The summed E-state index contributed by atoms with van der Waals surface area (Å²) in [6.07, 6.45) is 3.28. The zero-order valence-electron chi connectivity index (χ0n) is 9.81. The third-order valence-electron chi connectivity index (χ3n) is 2.47. The monoisotopic (exact) mass is 242 g/mol. The molecule has 0 bridgehead atoms. The van der Waals surface area contributed by atoms with Gasteiger partial charge in [-0.1, -0.05) is 6.07 Å². The van der Waals surface area contributed by atoms with Crippen LogP contribution in [0.5, 0.6) is 0 Å². The molecule has 0 saturated carbocycles. The summed E-state index contributed by atoms with van der Waals surface area (Å²) in [6, 6.07) is 6.80. The molecule has 18 heavy (non-hydrogen) atoms. The highest BCUT2D eigenvalue weighted by Crippen LogP contribution is 2.20. The van der Waals surface area contributed by atoms with E-state index in [1.165, 1.54) is 6.07 Å². The fourth-order valence-electron chi connectivity index (χ4n) is 1.51. The standard InChI is InChI=1S/C13H11FN4/c1-9-6-10(2-3-12(9)14)11-7-17-13(18-8-11)16-5-4-15/h2-3,6-8H,5H2,1H3,(H,16,17,18). The van der Waals surface area contributed by atoms with Crippen LogP contribution in [0.15, 0.2) is 30.6 Å². The Morgan fingerprint density at radius 2 is 2.00 bits per heavy atom. The lowest BCUT2D eigenvalue weighted by Crippen LogP contribution is -2.02. The van der Waals surface area contributed by atoms with Crippen LogP contribution in [0.1, 0.15) is 5.56 Å². The fraction of sp³-hybridized carbons (Fsp3) is 0.154. The Morgan fingerprint density at radius 3 is 2.61 bits per heavy atom. The lowest BCUT2D eigenvalue weighted by Gasteiger charge is -2.04. The molecule has 90 valence electrons. The van der Waals surface area contributed by atoms with Gasteiger partial charge in [0.1, 0.15) is 12.4 Å². The van der Waals surface area contributed by atoms with Gasteiger partial charge in [-0.15, -0.1) is 0 Å². The molecule has 0 amide bonds. The average Bonchev–Trinajstić information content (AvgIpc) is 2.40. The first-order valence-electron chi connectivity index (χ1n) is 5.40. The molecule has 2 rings (SSSR count). The number of aryl methyl sites for hydroxylation is 1. The normalized spacial score (nSPS) is 9.83. The van der Waals surface area contributed by atoms with E-state index in [2.05, 4.69) is 15.3 Å². The van der Waals surface area contributed by atoms with Gasteiger partial charge in [0.2, 0.25) is 5.95 Å². The Labute approximate surface area is 104 Å². The Bertz CT molecular complexity index is 587. The van der Waals surface area contributed by atoms with Crippen molar-refractivity contribution >= 4 is 5.95 Å². The second kappa shape index (κ2) is 5.23. The van der Waals surface area contributed by atoms with Crippen molar-refractivity contribution in [2.75, 3.05) is 11.9 Å². The second-order valence-electron chi connectivity index (χ2n) is 3.77. The van der Waals surface area contributed by atoms with Crippen molar-refractivity contribution in [2.24, 2.45) is 0 Å². The van der Waals surface area contributed by atoms with Crippen molar-refractivity contribution in [2.45, 2.75) is 6.92 Å². The smallest absolute Gasteiger partial charge is 0.223 e. The minimum atomic E-state index is -0.230. The quantitative estimate of drug-likeness (QED) is 0.840. The number of aromatic nitrogens is 2. The van der Waals surface area contributed by atoms with Crippen LogP contribution in [0.2, 0.25) is 0 Å². The van der Waals surface area contributed by atoms with E-state index in [1.807, 2.05) is 6.07 Å². The molecule has 5 heteroatoms. The Morgan fingerprint density at radius 1 is 1.28 bits per heavy atom. The van der Waals surface area contributed by atoms with Crippen LogP contribution < -0.4 is 5.32 Å². The topological polar surface area (TPSA) is 61.6 Å². The zero-order valence-corrected chi connectivity index (χ0v) is 9.81. The molecule has 0 radical (unpaired) electrons. The Hall–Kier alpha value is -2.48. The molecule has 2 aromatic rings. The van der Waals surface area contributed by atoms with Gasteiger partial charge in [0.25, 0.3) is 0 Å². The zero-order chi connectivity index (χ0) is 13.0. The number of anilines is 1. The molecule has 1 N–H and O–H groups in total. The molecular formula is C13H11FN4. The summed E-state index contributed by atoms with van der Waals surface area (Å²) < 4.78 is 13.1. The maximum atomic E-state index is 13.1. The SMILES string of the molecule is Cc1cc(-c2cnc(NCC#N)nc2)ccc1F. The van der Waals surface area contributed by atoms with E-state index in [0.29, 0.717) is 11.5 Å². The van der Waals surface area contributed by atoms with Crippen molar-refractivity contribution in [3.05, 3.63) is 42.0 Å². The molecule has 0 unspecified atom stereocenters. The van der Waals surface area contributed by atoms with Gasteiger partial charge in [0.15, 0.2) is 0 Å². The van der Waals surface area contributed by atoms with Gasteiger partial charge in [0, 0.05) is 18.0 Å². The molecule has 1 aromatic carbocycles. The van der Waals surface area contributed by atoms with Crippen molar-refractivity contribution in [1.82, 2.24) is 9.97 Å². The van der Waals surface area contributed by atoms with Gasteiger partial charge in [-0.3, -0.25) is 0 Å². The van der Waals surface area contributed by atoms with Gasteiger partial charge in [0.05, 0.1) is 6.07 Å². The molecule has 0 fully saturated rings. The first-order chi connectivity index (χ1) is 8.70. The van der Waals surface area contributed by atoms with Crippen LogP contribution in [-0.4, -0.2) is 16.5 Å². The van der Waals surface area contributed by atoms with Crippen LogP contribution in [0.25, 0.3) is 11.1 Å². The lowest BCUT2D eigenvalue weighted by atomic mass is 10.1. The number of nitrogens with zero attached hydrogens (tertiary/aromatic N) is 3. The van der Waals surface area contributed by atoms with Crippen molar-refractivity contribution < 1.29 is 4.39 Å². The minimum absolute atomic E-state index is 0.162. The van der Waals surface area contributed by atoms with Crippen molar-refractivity contribution in [3.63, 3.8) is 0 Å². The molecule has 4 nitrogen and oxygen atoms in total. The first-order valence-corrected chi connectivity index (χ1v) is 5.40. The highest BCUT2D eigenvalue weighted by atomic mass is 19.1. The van der Waals surface area contributed by atoms with E-state index >= 15 is 0 Å². The van der Waals surface area contributed by atoms with Crippen LogP contribution in [0, 0.1) is 24.1 Å². The van der Waals surface area contributed by atoms with Gasteiger partial charge < -0.3 is 5.32 Å². The third kappa shape index (κ3) is 2.61. The summed E-state index contributed by atoms with van der Waals surface area (Å²) in [7, 11) is 0. The van der Waals surface area contributed by atoms with Crippen molar-refractivity contribution in [1.29, 1.82) is 5.26 Å². The van der Waals surface area contributed by atoms with Crippen LogP contribution >= 0.6 is 0 Å². The summed E-state index contributed by atoms with van der Waals surface area (Å²) in [5.74, 6) is 0.172. The van der Waals surface area contributed by atoms with Gasteiger partial charge in [-0.2, -0.15) is 5.26 Å². The number of benzene rings is 1. The van der Waals surface area contributed by atoms with Crippen molar-refractivity contribution in [3.8, 4) is 17.2 Å². The molecule has 1 heterocycles. The van der Waals surface area contributed by atoms with Gasteiger partial charge in [-0.25, -0.2) is 14.4 Å². The highest BCUT2D eigenvalue weighted by molar-refractivity contribution is 5.62. The summed E-state index contributed by atoms with van der Waals surface area (Å²) in [5.41, 5.74) is 2.25. The van der Waals surface area contributed by atoms with E-state index in [4.69, 9.17) is 5.26 Å². The molecule has 0 spiro atoms. The number of hydrogen-bond acceptors (Lipinski definition) is 4. The van der Waals surface area contributed by atoms with Crippen LogP contribution in [-0.2, 0) is 0 Å². The maximum Gasteiger partial charge on any atom is 0.223 e. The molecule has 0 saturated heterocycles. The van der Waals surface area contributed by atoms with E-state index < -0.39 is 0 Å². The number of rotatable bonds is 3. The summed E-state index contributed by atoms with van der Waals surface area (Å²) in [5, 5.41) is 11.2. The van der Waals surface area contributed by atoms with Crippen LogP contribution in [0.3, 0.4) is 0 Å². The number of halogens is 1. The van der Waals surface area contributed by atoms with E-state index in [1.54, 1.807) is 31.5 Å². The molecule has 0 atom stereocenters.